The van der Waals surface area contributed by atoms with Crippen molar-refractivity contribution in [3.63, 3.8) is 0 Å². The minimum atomic E-state index is -1.11. The van der Waals surface area contributed by atoms with Crippen LogP contribution in [0.1, 0.15) is 88.2 Å². The van der Waals surface area contributed by atoms with Gasteiger partial charge in [-0.2, -0.15) is 10.2 Å². The van der Waals surface area contributed by atoms with Crippen LogP contribution in [0.2, 0.25) is 5.02 Å². The number of alkyl halides is 1. The standard InChI is InChI=1S/C40H42Cl2N6O4/c1-20(2)48-33-18-26(17-31(40(50)51)32(33)19-43-48)47-38(42)25(7)46-36-28(11-9-12-30(36)34-23(5)44-45(8)24(34)6)29(37(46)39(47)49)13-10-14-52-27-15-21(3)35(41)22(4)16-27/h9,11-12,15-20,25,38H,10,13-14H2,1-8H3,(H,50,51)/t25-,38?/m1/s1. The van der Waals surface area contributed by atoms with E-state index in [-0.39, 0.29) is 23.6 Å². The number of carboxylic acids is 1. The maximum atomic E-state index is 15.1. The monoisotopic (exact) mass is 740 g/mol. The summed E-state index contributed by atoms with van der Waals surface area (Å²) in [6.07, 6.45) is 2.75. The molecule has 0 spiro atoms. The smallest absolute Gasteiger partial charge is 0.336 e. The number of nitrogens with zero attached hydrogens (tertiary/aromatic N) is 6. The molecule has 0 fully saturated rings. The van der Waals surface area contributed by atoms with Crippen LogP contribution in [0.4, 0.5) is 5.69 Å². The molecule has 0 saturated carbocycles. The van der Waals surface area contributed by atoms with Crippen LogP contribution < -0.4 is 9.64 Å². The number of hydrogen-bond donors (Lipinski definition) is 1. The normalized spacial score (nSPS) is 16.1. The number of carbonyl (C=O) groups excluding carboxylic acids is 1. The highest BCUT2D eigenvalue weighted by molar-refractivity contribution is 6.32. The molecule has 0 aliphatic carbocycles. The minimum absolute atomic E-state index is 0.0351. The summed E-state index contributed by atoms with van der Waals surface area (Å²) in [6, 6.07) is 13.0. The molecule has 3 aromatic heterocycles. The number of rotatable bonds is 9. The van der Waals surface area contributed by atoms with Crippen molar-refractivity contribution in [1.29, 1.82) is 0 Å². The predicted molar refractivity (Wildman–Crippen MR) is 207 cm³/mol. The molecule has 7 rings (SSSR count). The predicted octanol–water partition coefficient (Wildman–Crippen LogP) is 9.36. The van der Waals surface area contributed by atoms with Gasteiger partial charge in [0.05, 0.1) is 41.1 Å². The van der Waals surface area contributed by atoms with Gasteiger partial charge in [-0.3, -0.25) is 19.1 Å². The Morgan fingerprint density at radius 3 is 2.40 bits per heavy atom. The number of amides is 1. The van der Waals surface area contributed by atoms with E-state index in [1.807, 2.05) is 84.5 Å². The lowest BCUT2D eigenvalue weighted by atomic mass is 9.98. The first-order valence-corrected chi connectivity index (χ1v) is 18.3. The van der Waals surface area contributed by atoms with Crippen molar-refractivity contribution in [2.24, 2.45) is 7.05 Å². The Kier molecular flexibility index (Phi) is 9.11. The highest BCUT2D eigenvalue weighted by Crippen LogP contribution is 2.45. The Morgan fingerprint density at radius 2 is 1.77 bits per heavy atom. The molecule has 52 heavy (non-hydrogen) atoms. The van der Waals surface area contributed by atoms with E-state index >= 15 is 4.79 Å². The van der Waals surface area contributed by atoms with Crippen LogP contribution in [0.3, 0.4) is 0 Å². The van der Waals surface area contributed by atoms with Gasteiger partial charge in [-0.1, -0.05) is 41.4 Å². The molecule has 10 nitrogen and oxygen atoms in total. The van der Waals surface area contributed by atoms with E-state index in [2.05, 4.69) is 21.8 Å². The van der Waals surface area contributed by atoms with E-state index in [9.17, 15) is 9.90 Å². The molecule has 0 bridgehead atoms. The van der Waals surface area contributed by atoms with Gasteiger partial charge in [0.25, 0.3) is 5.91 Å². The molecule has 0 radical (unpaired) electrons. The number of halogens is 2. The zero-order valence-electron chi connectivity index (χ0n) is 30.6. The number of carbonyl (C=O) groups is 2. The van der Waals surface area contributed by atoms with Crippen LogP contribution in [0, 0.1) is 27.7 Å². The lowest BCUT2D eigenvalue weighted by Gasteiger charge is -2.38. The molecular weight excluding hydrogens is 699 g/mol. The van der Waals surface area contributed by atoms with Crippen molar-refractivity contribution in [1.82, 2.24) is 24.1 Å². The molecule has 12 heteroatoms. The fraction of sp³-hybridized carbons (Fsp3) is 0.350. The number of fused-ring (bicyclic) bond motifs is 4. The lowest BCUT2D eigenvalue weighted by Crippen LogP contribution is -2.48. The zero-order chi connectivity index (χ0) is 37.3. The van der Waals surface area contributed by atoms with Gasteiger partial charge >= 0.3 is 5.97 Å². The summed E-state index contributed by atoms with van der Waals surface area (Å²) in [5, 5.41) is 21.6. The van der Waals surface area contributed by atoms with Gasteiger partial charge in [0.1, 0.15) is 16.9 Å². The Balaban J connectivity index is 1.39. The molecule has 4 heterocycles. The summed E-state index contributed by atoms with van der Waals surface area (Å²) in [6.45, 7) is 14.4. The summed E-state index contributed by atoms with van der Waals surface area (Å²) in [7, 11) is 1.93. The molecule has 270 valence electrons. The number of aromatic carboxylic acids is 1. The summed E-state index contributed by atoms with van der Waals surface area (Å²) in [4.78, 5) is 29.2. The van der Waals surface area contributed by atoms with Gasteiger partial charge in [-0.05, 0) is 102 Å². The number of aryl methyl sites for hydroxylation is 5. The first kappa shape index (κ1) is 35.6. The minimum Gasteiger partial charge on any atom is -0.494 e. The van der Waals surface area contributed by atoms with Crippen molar-refractivity contribution >= 4 is 62.6 Å². The zero-order valence-corrected chi connectivity index (χ0v) is 32.1. The van der Waals surface area contributed by atoms with Crippen molar-refractivity contribution in [2.75, 3.05) is 11.5 Å². The van der Waals surface area contributed by atoms with Gasteiger partial charge < -0.3 is 14.4 Å². The highest BCUT2D eigenvalue weighted by atomic mass is 35.5. The number of anilines is 1. The van der Waals surface area contributed by atoms with Crippen LogP contribution in [0.25, 0.3) is 32.9 Å². The maximum Gasteiger partial charge on any atom is 0.336 e. The third-order valence-corrected chi connectivity index (χ3v) is 11.5. The first-order valence-electron chi connectivity index (χ1n) is 17.5. The molecule has 1 N–H and O–H groups in total. The second-order valence-corrected chi connectivity index (χ2v) is 14.9. The van der Waals surface area contributed by atoms with Crippen molar-refractivity contribution < 1.29 is 19.4 Å². The number of aromatic nitrogens is 5. The molecule has 1 aliphatic rings. The van der Waals surface area contributed by atoms with Gasteiger partial charge in [-0.15, -0.1) is 0 Å². The quantitative estimate of drug-likeness (QED) is 0.0900. The summed E-state index contributed by atoms with van der Waals surface area (Å²) < 4.78 is 11.9. The summed E-state index contributed by atoms with van der Waals surface area (Å²) in [5.41, 5.74) is 8.39. The van der Waals surface area contributed by atoms with E-state index in [0.29, 0.717) is 41.7 Å². The van der Waals surface area contributed by atoms with Gasteiger partial charge in [0.2, 0.25) is 0 Å². The molecule has 6 aromatic rings. The molecule has 1 amide bonds. The molecule has 0 saturated heterocycles. The van der Waals surface area contributed by atoms with Crippen LogP contribution in [-0.2, 0) is 13.5 Å². The van der Waals surface area contributed by atoms with Crippen LogP contribution >= 0.6 is 23.2 Å². The summed E-state index contributed by atoms with van der Waals surface area (Å²) >= 11 is 13.7. The van der Waals surface area contributed by atoms with Crippen molar-refractivity contribution in [3.05, 3.63) is 93.0 Å². The Bertz CT molecular complexity index is 2400. The van der Waals surface area contributed by atoms with Crippen molar-refractivity contribution in [2.45, 2.75) is 78.9 Å². The number of carboxylic acid groups (broad SMARTS) is 1. The number of para-hydroxylation sites is 1. The van der Waals surface area contributed by atoms with Gasteiger partial charge in [0.15, 0.2) is 0 Å². The fourth-order valence-corrected chi connectivity index (χ4v) is 8.22. The topological polar surface area (TPSA) is 107 Å². The van der Waals surface area contributed by atoms with E-state index in [4.69, 9.17) is 33.0 Å². The Hall–Kier alpha value is -4.80. The summed E-state index contributed by atoms with van der Waals surface area (Å²) in [5.74, 6) is -0.656. The van der Waals surface area contributed by atoms with Gasteiger partial charge in [-0.25, -0.2) is 4.79 Å². The third-order valence-electron chi connectivity index (χ3n) is 10.3. The highest BCUT2D eigenvalue weighted by Gasteiger charge is 2.42. The van der Waals surface area contributed by atoms with Gasteiger partial charge in [0, 0.05) is 51.4 Å². The molecule has 2 atom stereocenters. The Morgan fingerprint density at radius 1 is 1.06 bits per heavy atom. The average molecular weight is 742 g/mol. The number of benzene rings is 3. The molecule has 1 aliphatic heterocycles. The van der Waals surface area contributed by atoms with Crippen LogP contribution in [0.5, 0.6) is 5.75 Å². The second kappa shape index (κ2) is 13.3. The Labute approximate surface area is 312 Å². The van der Waals surface area contributed by atoms with E-state index in [0.717, 1.165) is 60.9 Å². The average Bonchev–Trinajstić information content (AvgIpc) is 3.75. The number of hydrogen-bond acceptors (Lipinski definition) is 5. The molecule has 3 aromatic carbocycles. The molecule has 1 unspecified atom stereocenters. The number of ether oxygens (including phenoxy) is 1. The first-order chi connectivity index (χ1) is 24.7. The SMILES string of the molecule is Cc1cc(OCCCc2c3n(c4c(-c5c(C)nn(C)c5C)cccc24)[C@H](C)C(Cl)N(c2cc(C(=O)O)c4cnn(C(C)C)c4c2)C3=O)cc(C)c1Cl. The van der Waals surface area contributed by atoms with E-state index in [1.165, 1.54) is 6.07 Å². The van der Waals surface area contributed by atoms with Crippen molar-refractivity contribution in [3.8, 4) is 16.9 Å². The largest absolute Gasteiger partial charge is 0.494 e. The maximum absolute atomic E-state index is 15.1. The van der Waals surface area contributed by atoms with E-state index < -0.39 is 11.5 Å². The van der Waals surface area contributed by atoms with Crippen LogP contribution in [-0.4, -0.2) is 53.2 Å². The lowest BCUT2D eigenvalue weighted by molar-refractivity contribution is 0.0698. The van der Waals surface area contributed by atoms with Crippen LogP contribution in [0.15, 0.2) is 48.7 Å². The fourth-order valence-electron chi connectivity index (χ4n) is 7.80. The van der Waals surface area contributed by atoms with E-state index in [1.54, 1.807) is 15.8 Å². The molecular formula is C40H42Cl2N6O4. The third kappa shape index (κ3) is 5.63. The second-order valence-electron chi connectivity index (χ2n) is 14.1.